The first kappa shape index (κ1) is 11.9. The van der Waals surface area contributed by atoms with E-state index in [1.807, 2.05) is 0 Å². The SMILES string of the molecule is CC1(C)CCCC2(C)C3=C(CC(=O)C12)C(=O)OC3. The number of ether oxygens (including phenoxy) is 1. The van der Waals surface area contributed by atoms with Crippen LogP contribution >= 0.6 is 0 Å². The van der Waals surface area contributed by atoms with Gasteiger partial charge in [0.2, 0.25) is 0 Å². The van der Waals surface area contributed by atoms with E-state index >= 15 is 0 Å². The van der Waals surface area contributed by atoms with Crippen LogP contribution in [0.2, 0.25) is 0 Å². The van der Waals surface area contributed by atoms with Crippen LogP contribution in [0.4, 0.5) is 0 Å². The summed E-state index contributed by atoms with van der Waals surface area (Å²) in [6, 6.07) is 0. The largest absolute Gasteiger partial charge is 0.458 e. The zero-order chi connectivity index (χ0) is 13.1. The van der Waals surface area contributed by atoms with Gasteiger partial charge in [0.1, 0.15) is 12.4 Å². The molecule has 2 atom stereocenters. The first-order chi connectivity index (χ1) is 8.36. The van der Waals surface area contributed by atoms with Gasteiger partial charge in [0, 0.05) is 23.3 Å². The minimum Gasteiger partial charge on any atom is -0.458 e. The summed E-state index contributed by atoms with van der Waals surface area (Å²) in [5.74, 6) is 0.0215. The first-order valence-corrected chi connectivity index (χ1v) is 6.78. The van der Waals surface area contributed by atoms with Crippen molar-refractivity contribution >= 4 is 11.8 Å². The summed E-state index contributed by atoms with van der Waals surface area (Å²) < 4.78 is 5.17. The highest BCUT2D eigenvalue weighted by Gasteiger charge is 2.56. The number of hydrogen-bond donors (Lipinski definition) is 0. The highest BCUT2D eigenvalue weighted by molar-refractivity contribution is 6.01. The van der Waals surface area contributed by atoms with Gasteiger partial charge in [0.05, 0.1) is 0 Å². The topological polar surface area (TPSA) is 43.4 Å². The second kappa shape index (κ2) is 3.46. The molecule has 18 heavy (non-hydrogen) atoms. The predicted molar refractivity (Wildman–Crippen MR) is 66.8 cm³/mol. The van der Waals surface area contributed by atoms with Gasteiger partial charge in [-0.05, 0) is 23.8 Å². The number of carbonyl (C=O) groups excluding carboxylic acids is 2. The average Bonchev–Trinajstić information content (AvgIpc) is 2.59. The van der Waals surface area contributed by atoms with Crippen LogP contribution in [0.25, 0.3) is 0 Å². The standard InChI is InChI=1S/C15H20O3/c1-14(2)5-4-6-15(3)10-8-18-13(17)9(10)7-11(16)12(14)15/h12H,4-8H2,1-3H3. The van der Waals surface area contributed by atoms with E-state index in [2.05, 4.69) is 20.8 Å². The molecule has 0 amide bonds. The second-order valence-corrected chi connectivity index (χ2v) is 6.87. The molecule has 0 saturated heterocycles. The molecule has 0 bridgehead atoms. The van der Waals surface area contributed by atoms with Crippen LogP contribution < -0.4 is 0 Å². The maximum absolute atomic E-state index is 12.5. The lowest BCUT2D eigenvalue weighted by Gasteiger charge is -2.52. The molecule has 1 heterocycles. The second-order valence-electron chi connectivity index (χ2n) is 6.87. The van der Waals surface area contributed by atoms with Crippen molar-refractivity contribution in [2.75, 3.05) is 6.61 Å². The maximum atomic E-state index is 12.5. The molecule has 2 unspecified atom stereocenters. The van der Waals surface area contributed by atoms with Crippen molar-refractivity contribution in [3.63, 3.8) is 0 Å². The summed E-state index contributed by atoms with van der Waals surface area (Å²) in [5, 5.41) is 0. The molecule has 0 aromatic carbocycles. The Morgan fingerprint density at radius 3 is 2.61 bits per heavy atom. The maximum Gasteiger partial charge on any atom is 0.334 e. The third kappa shape index (κ3) is 1.36. The quantitative estimate of drug-likeness (QED) is 0.619. The van der Waals surface area contributed by atoms with E-state index in [4.69, 9.17) is 4.74 Å². The number of Topliss-reactive ketones (excluding diaryl/α,β-unsaturated/α-hetero) is 1. The monoisotopic (exact) mass is 248 g/mol. The Balaban J connectivity index is 2.14. The third-order valence-corrected chi connectivity index (χ3v) is 5.26. The summed E-state index contributed by atoms with van der Waals surface area (Å²) >= 11 is 0. The van der Waals surface area contributed by atoms with Crippen LogP contribution in [0.3, 0.4) is 0 Å². The number of rotatable bonds is 0. The van der Waals surface area contributed by atoms with E-state index < -0.39 is 0 Å². The van der Waals surface area contributed by atoms with E-state index in [1.54, 1.807) is 0 Å². The summed E-state index contributed by atoms with van der Waals surface area (Å²) in [4.78, 5) is 24.2. The van der Waals surface area contributed by atoms with Gasteiger partial charge >= 0.3 is 5.97 Å². The van der Waals surface area contributed by atoms with Crippen molar-refractivity contribution in [3.8, 4) is 0 Å². The molecule has 2 aliphatic carbocycles. The van der Waals surface area contributed by atoms with Crippen molar-refractivity contribution in [2.45, 2.75) is 46.5 Å². The highest BCUT2D eigenvalue weighted by atomic mass is 16.5. The molecule has 0 radical (unpaired) electrons. The molecule has 0 aromatic rings. The summed E-state index contributed by atoms with van der Waals surface area (Å²) in [6.07, 6.45) is 3.51. The van der Waals surface area contributed by atoms with Gasteiger partial charge in [-0.3, -0.25) is 4.79 Å². The summed E-state index contributed by atoms with van der Waals surface area (Å²) in [6.45, 7) is 6.95. The van der Waals surface area contributed by atoms with Crippen molar-refractivity contribution < 1.29 is 14.3 Å². The van der Waals surface area contributed by atoms with E-state index in [-0.39, 0.29) is 34.9 Å². The van der Waals surface area contributed by atoms with Crippen LogP contribution in [0.15, 0.2) is 11.1 Å². The van der Waals surface area contributed by atoms with Crippen molar-refractivity contribution in [1.82, 2.24) is 0 Å². The van der Waals surface area contributed by atoms with Crippen LogP contribution in [0.5, 0.6) is 0 Å². The van der Waals surface area contributed by atoms with Gasteiger partial charge in [-0.15, -0.1) is 0 Å². The normalized spacial score (nSPS) is 38.3. The van der Waals surface area contributed by atoms with Crippen LogP contribution in [-0.4, -0.2) is 18.4 Å². The number of hydrogen-bond acceptors (Lipinski definition) is 3. The molecular formula is C15H20O3. The summed E-state index contributed by atoms with van der Waals surface area (Å²) in [5.41, 5.74) is 1.66. The number of carbonyl (C=O) groups is 2. The van der Waals surface area contributed by atoms with E-state index in [1.165, 1.54) is 0 Å². The fourth-order valence-electron chi connectivity index (χ4n) is 4.58. The minimum atomic E-state index is -0.263. The van der Waals surface area contributed by atoms with Crippen LogP contribution in [0, 0.1) is 16.7 Å². The van der Waals surface area contributed by atoms with E-state index in [9.17, 15) is 9.59 Å². The lowest BCUT2D eigenvalue weighted by atomic mass is 9.50. The molecule has 0 aromatic heterocycles. The van der Waals surface area contributed by atoms with Crippen molar-refractivity contribution in [1.29, 1.82) is 0 Å². The Hall–Kier alpha value is -1.12. The molecule has 1 saturated carbocycles. The molecule has 1 fully saturated rings. The van der Waals surface area contributed by atoms with Gasteiger partial charge in [-0.1, -0.05) is 27.2 Å². The van der Waals surface area contributed by atoms with Gasteiger partial charge in [-0.25, -0.2) is 4.79 Å². The Morgan fingerprint density at radius 2 is 1.89 bits per heavy atom. The Bertz CT molecular complexity index is 472. The van der Waals surface area contributed by atoms with Gasteiger partial charge in [0.15, 0.2) is 0 Å². The van der Waals surface area contributed by atoms with Gasteiger partial charge in [-0.2, -0.15) is 0 Å². The molecule has 0 N–H and O–H groups in total. The summed E-state index contributed by atoms with van der Waals surface area (Å²) in [7, 11) is 0. The highest BCUT2D eigenvalue weighted by Crippen LogP contribution is 2.59. The number of cyclic esters (lactones) is 1. The lowest BCUT2D eigenvalue weighted by molar-refractivity contribution is -0.138. The van der Waals surface area contributed by atoms with Crippen molar-refractivity contribution in [2.24, 2.45) is 16.7 Å². The number of esters is 1. The van der Waals surface area contributed by atoms with E-state index in [0.717, 1.165) is 24.8 Å². The molecule has 0 spiro atoms. The van der Waals surface area contributed by atoms with Gasteiger partial charge < -0.3 is 4.74 Å². The Kier molecular flexibility index (Phi) is 2.30. The molecular weight excluding hydrogens is 228 g/mol. The fraction of sp³-hybridized carbons (Fsp3) is 0.733. The van der Waals surface area contributed by atoms with Crippen molar-refractivity contribution in [3.05, 3.63) is 11.1 Å². The molecule has 3 heteroatoms. The smallest absolute Gasteiger partial charge is 0.334 e. The first-order valence-electron chi connectivity index (χ1n) is 6.78. The van der Waals surface area contributed by atoms with Crippen LogP contribution in [0.1, 0.15) is 46.5 Å². The van der Waals surface area contributed by atoms with Crippen LogP contribution in [-0.2, 0) is 14.3 Å². The van der Waals surface area contributed by atoms with E-state index in [0.29, 0.717) is 12.2 Å². The Morgan fingerprint density at radius 1 is 1.17 bits per heavy atom. The fourth-order valence-corrected chi connectivity index (χ4v) is 4.58. The lowest BCUT2D eigenvalue weighted by Crippen LogP contribution is -2.50. The molecule has 98 valence electrons. The number of fused-ring (bicyclic) bond motifs is 2. The minimum absolute atomic E-state index is 0.0360. The average molecular weight is 248 g/mol. The molecule has 3 aliphatic rings. The zero-order valence-electron chi connectivity index (χ0n) is 11.3. The molecule has 3 nitrogen and oxygen atoms in total. The molecule has 1 aliphatic heterocycles. The number of ketones is 1. The Labute approximate surface area is 108 Å². The molecule has 3 rings (SSSR count). The van der Waals surface area contributed by atoms with Gasteiger partial charge in [0.25, 0.3) is 0 Å². The zero-order valence-corrected chi connectivity index (χ0v) is 11.3. The third-order valence-electron chi connectivity index (χ3n) is 5.26. The predicted octanol–water partition coefficient (Wildman–Crippen LogP) is 2.65.